The van der Waals surface area contributed by atoms with Gasteiger partial charge in [0.1, 0.15) is 6.04 Å². The van der Waals surface area contributed by atoms with Crippen LogP contribution >= 0.6 is 11.8 Å². The molecule has 150 valence electrons. The number of hydrogen-bond acceptors (Lipinski definition) is 7. The summed E-state index contributed by atoms with van der Waals surface area (Å²) in [5, 5.41) is 11.1. The molecular weight excluding hydrogens is 404 g/mol. The molecule has 0 fully saturated rings. The molecule has 0 radical (unpaired) electrons. The molecule has 1 N–H and O–H groups in total. The van der Waals surface area contributed by atoms with Crippen LogP contribution in [0.4, 0.5) is 5.69 Å². The second kappa shape index (κ2) is 10.2. The average molecular weight is 425 g/mol. The first-order valence-electron chi connectivity index (χ1n) is 8.24. The van der Waals surface area contributed by atoms with Gasteiger partial charge in [0.25, 0.3) is 5.69 Å². The molecule has 0 aliphatic rings. The molecular formula is C18H20N2O6S2. The van der Waals surface area contributed by atoms with Crippen molar-refractivity contribution in [1.29, 1.82) is 0 Å². The van der Waals surface area contributed by atoms with E-state index in [1.54, 1.807) is 0 Å². The van der Waals surface area contributed by atoms with Gasteiger partial charge in [-0.2, -0.15) is 16.5 Å². The van der Waals surface area contributed by atoms with Crippen molar-refractivity contribution in [3.63, 3.8) is 0 Å². The van der Waals surface area contributed by atoms with Gasteiger partial charge in [0.05, 0.1) is 17.8 Å². The molecule has 2 aromatic carbocycles. The number of rotatable bonds is 10. The zero-order valence-corrected chi connectivity index (χ0v) is 16.7. The molecule has 0 heterocycles. The SMILES string of the molecule is COC(=O)[C@H](CSCc1ccccc1)NS(=O)(=O)Cc1ccccc1[N+](=O)[O-]. The Hall–Kier alpha value is -2.43. The minimum atomic E-state index is -4.01. The van der Waals surface area contributed by atoms with Gasteiger partial charge in [-0.15, -0.1) is 0 Å². The third kappa shape index (κ3) is 6.63. The van der Waals surface area contributed by atoms with Crippen LogP contribution in [-0.4, -0.2) is 38.2 Å². The Balaban J connectivity index is 2.06. The van der Waals surface area contributed by atoms with Crippen molar-refractivity contribution in [3.8, 4) is 0 Å². The van der Waals surface area contributed by atoms with Gasteiger partial charge in [0.2, 0.25) is 10.0 Å². The van der Waals surface area contributed by atoms with E-state index in [-0.39, 0.29) is 17.0 Å². The average Bonchev–Trinajstić information content (AvgIpc) is 2.67. The Morgan fingerprint density at radius 1 is 1.18 bits per heavy atom. The van der Waals surface area contributed by atoms with E-state index in [0.717, 1.165) is 5.56 Å². The molecule has 10 heteroatoms. The number of thioether (sulfide) groups is 1. The number of nitrogens with zero attached hydrogens (tertiary/aromatic N) is 1. The number of carbonyl (C=O) groups excluding carboxylic acids is 1. The van der Waals surface area contributed by atoms with Crippen LogP contribution in [-0.2, 0) is 31.1 Å². The second-order valence-corrected chi connectivity index (χ2v) is 8.62. The quantitative estimate of drug-likeness (QED) is 0.354. The highest BCUT2D eigenvalue weighted by molar-refractivity contribution is 7.98. The molecule has 0 bridgehead atoms. The van der Waals surface area contributed by atoms with Gasteiger partial charge in [0, 0.05) is 23.1 Å². The lowest BCUT2D eigenvalue weighted by molar-refractivity contribution is -0.385. The molecule has 0 aliphatic heterocycles. The van der Waals surface area contributed by atoms with Crippen molar-refractivity contribution in [3.05, 3.63) is 75.8 Å². The number of methoxy groups -OCH3 is 1. The number of ether oxygens (including phenoxy) is 1. The summed E-state index contributed by atoms with van der Waals surface area (Å²) in [4.78, 5) is 22.4. The van der Waals surface area contributed by atoms with E-state index >= 15 is 0 Å². The van der Waals surface area contributed by atoms with Crippen LogP contribution in [0.15, 0.2) is 54.6 Å². The van der Waals surface area contributed by atoms with E-state index in [1.807, 2.05) is 30.3 Å². The van der Waals surface area contributed by atoms with Crippen LogP contribution in [0.2, 0.25) is 0 Å². The van der Waals surface area contributed by atoms with E-state index in [4.69, 9.17) is 0 Å². The molecule has 0 amide bonds. The fourth-order valence-corrected chi connectivity index (χ4v) is 4.89. The monoisotopic (exact) mass is 424 g/mol. The Morgan fingerprint density at radius 3 is 2.46 bits per heavy atom. The molecule has 1 atom stereocenters. The summed E-state index contributed by atoms with van der Waals surface area (Å²) >= 11 is 1.38. The van der Waals surface area contributed by atoms with E-state index < -0.39 is 32.7 Å². The normalized spacial score (nSPS) is 12.3. The number of esters is 1. The van der Waals surface area contributed by atoms with Crippen LogP contribution in [0.5, 0.6) is 0 Å². The van der Waals surface area contributed by atoms with Crippen LogP contribution < -0.4 is 4.72 Å². The van der Waals surface area contributed by atoms with Crippen molar-refractivity contribution in [2.24, 2.45) is 0 Å². The number of nitro groups is 1. The molecule has 0 aliphatic carbocycles. The van der Waals surface area contributed by atoms with Crippen LogP contribution in [0.3, 0.4) is 0 Å². The minimum Gasteiger partial charge on any atom is -0.468 e. The molecule has 0 saturated carbocycles. The summed E-state index contributed by atoms with van der Waals surface area (Å²) in [5.74, 6) is -0.564. The van der Waals surface area contributed by atoms with Crippen molar-refractivity contribution < 1.29 is 22.9 Å². The number of nitrogens with one attached hydrogen (secondary N) is 1. The van der Waals surface area contributed by atoms with Gasteiger partial charge in [-0.05, 0) is 5.56 Å². The maximum absolute atomic E-state index is 12.5. The van der Waals surface area contributed by atoms with Gasteiger partial charge in [-0.25, -0.2) is 8.42 Å². The van der Waals surface area contributed by atoms with Crippen LogP contribution in [0.1, 0.15) is 11.1 Å². The lowest BCUT2D eigenvalue weighted by Gasteiger charge is -2.16. The maximum Gasteiger partial charge on any atom is 0.324 e. The predicted molar refractivity (Wildman–Crippen MR) is 107 cm³/mol. The summed E-state index contributed by atoms with van der Waals surface area (Å²) in [6.45, 7) is 0. The molecule has 8 nitrogen and oxygen atoms in total. The number of carbonyl (C=O) groups is 1. The second-order valence-electron chi connectivity index (χ2n) is 5.84. The summed E-state index contributed by atoms with van der Waals surface area (Å²) in [5.41, 5.74) is 0.792. The standard InChI is InChI=1S/C18H20N2O6S2/c1-26-18(21)16(12-27-11-14-7-3-2-4-8-14)19-28(24,25)13-15-9-5-6-10-17(15)20(22)23/h2-10,16,19H,11-13H2,1H3/t16-/m0/s1. The third-order valence-corrected chi connectivity index (χ3v) is 6.18. The predicted octanol–water partition coefficient (Wildman–Crippen LogP) is 2.49. The van der Waals surface area contributed by atoms with Crippen molar-refractivity contribution >= 4 is 33.4 Å². The summed E-state index contributed by atoms with van der Waals surface area (Å²) in [7, 11) is -2.83. The number of para-hydroxylation sites is 1. The topological polar surface area (TPSA) is 116 Å². The van der Waals surface area contributed by atoms with Gasteiger partial charge >= 0.3 is 5.97 Å². The number of benzene rings is 2. The molecule has 0 saturated heterocycles. The maximum atomic E-state index is 12.5. The first-order valence-corrected chi connectivity index (χ1v) is 11.0. The number of nitro benzene ring substituents is 1. The Bertz CT molecular complexity index is 919. The molecule has 0 aromatic heterocycles. The van der Waals surface area contributed by atoms with E-state index in [0.29, 0.717) is 5.75 Å². The zero-order valence-electron chi connectivity index (χ0n) is 15.1. The largest absolute Gasteiger partial charge is 0.468 e. The van der Waals surface area contributed by atoms with Gasteiger partial charge in [0.15, 0.2) is 0 Å². The molecule has 0 unspecified atom stereocenters. The van der Waals surface area contributed by atoms with Crippen LogP contribution in [0, 0.1) is 10.1 Å². The van der Waals surface area contributed by atoms with Crippen LogP contribution in [0.25, 0.3) is 0 Å². The Labute approximate surface area is 167 Å². The Kier molecular flexibility index (Phi) is 7.97. The van der Waals surface area contributed by atoms with E-state index in [1.165, 1.54) is 43.1 Å². The van der Waals surface area contributed by atoms with Gasteiger partial charge in [-0.3, -0.25) is 14.9 Å². The highest BCUT2D eigenvalue weighted by Gasteiger charge is 2.27. The Morgan fingerprint density at radius 2 is 1.82 bits per heavy atom. The fourth-order valence-electron chi connectivity index (χ4n) is 2.44. The molecule has 0 spiro atoms. The van der Waals surface area contributed by atoms with Crippen molar-refractivity contribution in [1.82, 2.24) is 4.72 Å². The minimum absolute atomic E-state index is 0.0422. The molecule has 2 aromatic rings. The van der Waals surface area contributed by atoms with Crippen molar-refractivity contribution in [2.45, 2.75) is 17.5 Å². The smallest absolute Gasteiger partial charge is 0.324 e. The lowest BCUT2D eigenvalue weighted by Crippen LogP contribution is -2.43. The first-order chi connectivity index (χ1) is 13.3. The fraction of sp³-hybridized carbons (Fsp3) is 0.278. The summed E-state index contributed by atoms with van der Waals surface area (Å²) in [6.07, 6.45) is 0. The van der Waals surface area contributed by atoms with Gasteiger partial charge in [-0.1, -0.05) is 48.5 Å². The first kappa shape index (κ1) is 21.9. The van der Waals surface area contributed by atoms with E-state index in [2.05, 4.69) is 9.46 Å². The number of sulfonamides is 1. The highest BCUT2D eigenvalue weighted by atomic mass is 32.2. The number of hydrogen-bond donors (Lipinski definition) is 1. The highest BCUT2D eigenvalue weighted by Crippen LogP contribution is 2.20. The van der Waals surface area contributed by atoms with E-state index in [9.17, 15) is 23.3 Å². The molecule has 28 heavy (non-hydrogen) atoms. The lowest BCUT2D eigenvalue weighted by atomic mass is 10.2. The summed E-state index contributed by atoms with van der Waals surface area (Å²) < 4.78 is 32.0. The summed E-state index contributed by atoms with van der Waals surface area (Å²) in [6, 6.07) is 14.0. The van der Waals surface area contributed by atoms with Gasteiger partial charge < -0.3 is 4.74 Å². The molecule has 2 rings (SSSR count). The zero-order chi connectivity index (χ0) is 20.6. The third-order valence-electron chi connectivity index (χ3n) is 3.74. The van der Waals surface area contributed by atoms with Crippen molar-refractivity contribution in [2.75, 3.05) is 12.9 Å².